The first-order valence-corrected chi connectivity index (χ1v) is 12.3. The number of rotatable bonds is 7. The zero-order valence-corrected chi connectivity index (χ0v) is 19.5. The van der Waals surface area contributed by atoms with Crippen LogP contribution in [0.3, 0.4) is 0 Å². The molecule has 1 aliphatic rings. The molecule has 0 spiro atoms. The molecule has 0 bridgehead atoms. The van der Waals surface area contributed by atoms with Gasteiger partial charge in [0.1, 0.15) is 5.75 Å². The monoisotopic (exact) mass is 507 g/mol. The van der Waals surface area contributed by atoms with Crippen molar-refractivity contribution in [3.05, 3.63) is 102 Å². The first-order valence-electron chi connectivity index (χ1n) is 10.9. The summed E-state index contributed by atoms with van der Waals surface area (Å²) in [7, 11) is -3.69. The van der Waals surface area contributed by atoms with Gasteiger partial charge >= 0.3 is 6.61 Å². The number of alkyl halides is 2. The maximum Gasteiger partial charge on any atom is 0.387 e. The number of nitrogens with one attached hydrogen (secondary N) is 1. The van der Waals surface area contributed by atoms with Crippen LogP contribution in [0, 0.1) is 0 Å². The van der Waals surface area contributed by atoms with Crippen LogP contribution >= 0.6 is 0 Å². The number of amides is 1. The molecule has 1 aliphatic heterocycles. The van der Waals surface area contributed by atoms with E-state index in [0.717, 1.165) is 5.39 Å². The largest absolute Gasteiger partial charge is 0.434 e. The predicted octanol–water partition coefficient (Wildman–Crippen LogP) is 4.91. The number of hydrogen-bond acceptors (Lipinski definition) is 5. The fraction of sp³-hybridized carbons (Fsp3) is 0.0769. The molecule has 182 valence electrons. The number of nitrogens with zero attached hydrogens (tertiary/aromatic N) is 2. The van der Waals surface area contributed by atoms with Crippen molar-refractivity contribution in [2.75, 3.05) is 4.31 Å². The Labute approximate surface area is 205 Å². The second-order valence-electron chi connectivity index (χ2n) is 7.96. The lowest BCUT2D eigenvalue weighted by molar-refractivity contribution is -0.0499. The quantitative estimate of drug-likeness (QED) is 0.284. The Balaban J connectivity index is 1.29. The minimum Gasteiger partial charge on any atom is -0.434 e. The lowest BCUT2D eigenvalue weighted by Crippen LogP contribution is -2.26. The third-order valence-corrected chi connectivity index (χ3v) is 7.53. The summed E-state index contributed by atoms with van der Waals surface area (Å²) in [6.07, 6.45) is 1.21. The summed E-state index contributed by atoms with van der Waals surface area (Å²) < 4.78 is 57.2. The number of carbonyl (C=O) groups excluding carboxylic acids is 1. The van der Waals surface area contributed by atoms with E-state index in [4.69, 9.17) is 0 Å². The van der Waals surface area contributed by atoms with E-state index in [2.05, 4.69) is 15.3 Å². The van der Waals surface area contributed by atoms with Crippen LogP contribution in [-0.2, 0) is 16.6 Å². The highest BCUT2D eigenvalue weighted by atomic mass is 32.2. The van der Waals surface area contributed by atoms with Crippen LogP contribution in [0.5, 0.6) is 5.75 Å². The molecule has 7 nitrogen and oxygen atoms in total. The van der Waals surface area contributed by atoms with Crippen molar-refractivity contribution in [2.45, 2.75) is 18.1 Å². The van der Waals surface area contributed by atoms with Crippen LogP contribution in [0.4, 0.5) is 14.5 Å². The van der Waals surface area contributed by atoms with Crippen molar-refractivity contribution in [3.8, 4) is 5.75 Å². The van der Waals surface area contributed by atoms with Crippen molar-refractivity contribution in [3.63, 3.8) is 0 Å². The molecule has 1 amide bonds. The molecule has 36 heavy (non-hydrogen) atoms. The van der Waals surface area contributed by atoms with E-state index in [9.17, 15) is 22.0 Å². The standard InChI is InChI=1S/C26H19F2N3O4S/c27-26(28)35-22-9-2-1-5-20(22)15-29-30-25(32)19-13-11-17(12-14-19)16-31-21-8-3-6-18-7-4-10-23(24(18)21)36(31,33)34/h1-15,26H,16H2,(H,30,32)/b29-15+. The van der Waals surface area contributed by atoms with Gasteiger partial charge in [0, 0.05) is 16.5 Å². The third-order valence-electron chi connectivity index (χ3n) is 5.73. The van der Waals surface area contributed by atoms with Gasteiger partial charge in [-0.05, 0) is 47.3 Å². The van der Waals surface area contributed by atoms with E-state index < -0.39 is 22.5 Å². The normalized spacial score (nSPS) is 14.0. The average molecular weight is 508 g/mol. The number of ether oxygens (including phenoxy) is 1. The molecular formula is C26H19F2N3O4S. The van der Waals surface area contributed by atoms with Crippen molar-refractivity contribution >= 4 is 38.6 Å². The molecule has 1 N–H and O–H groups in total. The lowest BCUT2D eigenvalue weighted by Gasteiger charge is -2.19. The maximum absolute atomic E-state index is 13.2. The summed E-state index contributed by atoms with van der Waals surface area (Å²) in [5.74, 6) is -0.583. The number of hydrogen-bond donors (Lipinski definition) is 1. The van der Waals surface area contributed by atoms with Gasteiger partial charge in [-0.1, -0.05) is 48.5 Å². The Morgan fingerprint density at radius 3 is 2.44 bits per heavy atom. The highest BCUT2D eigenvalue weighted by molar-refractivity contribution is 7.93. The summed E-state index contributed by atoms with van der Waals surface area (Å²) in [6, 6.07) is 23.2. The first-order chi connectivity index (χ1) is 17.3. The minimum atomic E-state index is -3.69. The van der Waals surface area contributed by atoms with Crippen molar-refractivity contribution in [1.29, 1.82) is 0 Å². The van der Waals surface area contributed by atoms with Gasteiger partial charge in [-0.25, -0.2) is 13.8 Å². The van der Waals surface area contributed by atoms with Crippen molar-refractivity contribution < 1.29 is 26.7 Å². The van der Waals surface area contributed by atoms with Crippen LogP contribution in [0.25, 0.3) is 10.8 Å². The van der Waals surface area contributed by atoms with Gasteiger partial charge in [-0.3, -0.25) is 9.10 Å². The molecular weight excluding hydrogens is 488 g/mol. The van der Waals surface area contributed by atoms with E-state index in [1.165, 1.54) is 22.7 Å². The number of halogens is 2. The molecule has 1 heterocycles. The second kappa shape index (κ2) is 9.38. The average Bonchev–Trinajstić information content (AvgIpc) is 3.08. The second-order valence-corrected chi connectivity index (χ2v) is 9.79. The number of sulfonamides is 1. The lowest BCUT2D eigenvalue weighted by atomic mass is 10.1. The number of hydrazone groups is 1. The minimum absolute atomic E-state index is 0.0652. The molecule has 0 saturated carbocycles. The highest BCUT2D eigenvalue weighted by Crippen LogP contribution is 2.42. The Hall–Kier alpha value is -4.31. The van der Waals surface area contributed by atoms with E-state index in [1.54, 1.807) is 54.6 Å². The summed E-state index contributed by atoms with van der Waals surface area (Å²) in [4.78, 5) is 12.7. The highest BCUT2D eigenvalue weighted by Gasteiger charge is 2.35. The van der Waals surface area contributed by atoms with E-state index in [-0.39, 0.29) is 22.8 Å². The zero-order chi connectivity index (χ0) is 25.3. The third kappa shape index (κ3) is 4.38. The number of para-hydroxylation sites is 1. The molecule has 0 aliphatic carbocycles. The maximum atomic E-state index is 13.2. The Bertz CT molecular complexity index is 1580. The molecule has 4 aromatic rings. The number of anilines is 1. The van der Waals surface area contributed by atoms with Gasteiger partial charge in [-0.2, -0.15) is 13.9 Å². The molecule has 0 aromatic heterocycles. The van der Waals surface area contributed by atoms with E-state index in [0.29, 0.717) is 22.2 Å². The molecule has 4 aromatic carbocycles. The SMILES string of the molecule is O=C(N/N=C/c1ccccc1OC(F)F)c1ccc(CN2c3cccc4cccc(c34)S2(=O)=O)cc1. The smallest absolute Gasteiger partial charge is 0.387 e. The van der Waals surface area contributed by atoms with Gasteiger partial charge < -0.3 is 4.74 Å². The Morgan fingerprint density at radius 2 is 1.69 bits per heavy atom. The fourth-order valence-electron chi connectivity index (χ4n) is 4.07. The molecule has 0 radical (unpaired) electrons. The van der Waals surface area contributed by atoms with Crippen molar-refractivity contribution in [1.82, 2.24) is 5.43 Å². The zero-order valence-electron chi connectivity index (χ0n) is 18.6. The Morgan fingerprint density at radius 1 is 0.972 bits per heavy atom. The van der Waals surface area contributed by atoms with Gasteiger partial charge in [0.15, 0.2) is 0 Å². The van der Waals surface area contributed by atoms with Crippen LogP contribution in [-0.4, -0.2) is 27.2 Å². The Kier molecular flexibility index (Phi) is 6.11. The van der Waals surface area contributed by atoms with Crippen LogP contribution in [0.15, 0.2) is 94.9 Å². The van der Waals surface area contributed by atoms with E-state index in [1.807, 2.05) is 18.2 Å². The number of benzene rings is 4. The number of carbonyl (C=O) groups is 1. The van der Waals surface area contributed by atoms with Gasteiger partial charge in [0.2, 0.25) is 0 Å². The van der Waals surface area contributed by atoms with E-state index >= 15 is 0 Å². The fourth-order valence-corrected chi connectivity index (χ4v) is 5.77. The summed E-state index contributed by atoms with van der Waals surface area (Å²) >= 11 is 0. The topological polar surface area (TPSA) is 88.1 Å². The van der Waals surface area contributed by atoms with Crippen LogP contribution in [0.1, 0.15) is 21.5 Å². The molecule has 5 rings (SSSR count). The first kappa shape index (κ1) is 23.4. The molecule has 10 heteroatoms. The molecule has 0 saturated heterocycles. The summed E-state index contributed by atoms with van der Waals surface area (Å²) in [6.45, 7) is -2.87. The molecule has 0 fully saturated rings. The van der Waals surface area contributed by atoms with Crippen LogP contribution in [0.2, 0.25) is 0 Å². The van der Waals surface area contributed by atoms with Gasteiger partial charge in [0.05, 0.1) is 23.3 Å². The predicted molar refractivity (Wildman–Crippen MR) is 132 cm³/mol. The van der Waals surface area contributed by atoms with Crippen molar-refractivity contribution in [2.24, 2.45) is 5.10 Å². The van der Waals surface area contributed by atoms with Crippen LogP contribution < -0.4 is 14.5 Å². The molecule has 0 atom stereocenters. The molecule has 0 unspecified atom stereocenters. The van der Waals surface area contributed by atoms with Gasteiger partial charge in [0.25, 0.3) is 15.9 Å². The summed E-state index contributed by atoms with van der Waals surface area (Å²) in [5.41, 5.74) is 4.23. The summed E-state index contributed by atoms with van der Waals surface area (Å²) in [5, 5.41) is 5.38. The van der Waals surface area contributed by atoms with Gasteiger partial charge in [-0.15, -0.1) is 0 Å².